The maximum Gasteiger partial charge on any atom is 0.0713 e. The summed E-state index contributed by atoms with van der Waals surface area (Å²) in [7, 11) is 0. The maximum atomic E-state index is 10.3. The van der Waals surface area contributed by atoms with Crippen molar-refractivity contribution in [3.05, 3.63) is 35.9 Å². The Morgan fingerprint density at radius 2 is 1.79 bits per heavy atom. The molecule has 1 aromatic carbocycles. The molecule has 1 saturated heterocycles. The predicted octanol–water partition coefficient (Wildman–Crippen LogP) is 1.36. The molecule has 2 heteroatoms. The van der Waals surface area contributed by atoms with Crippen molar-refractivity contribution >= 4 is 0 Å². The van der Waals surface area contributed by atoms with Gasteiger partial charge in [0.1, 0.15) is 0 Å². The van der Waals surface area contributed by atoms with Gasteiger partial charge >= 0.3 is 0 Å². The zero-order valence-electron chi connectivity index (χ0n) is 8.32. The first-order chi connectivity index (χ1) is 6.79. The molecule has 1 heterocycles. The van der Waals surface area contributed by atoms with E-state index in [1.165, 1.54) is 5.56 Å². The lowest BCUT2D eigenvalue weighted by Gasteiger charge is -2.31. The molecule has 0 unspecified atom stereocenters. The van der Waals surface area contributed by atoms with Gasteiger partial charge in [-0.1, -0.05) is 30.3 Å². The Kier molecular flexibility index (Phi) is 2.85. The van der Waals surface area contributed by atoms with Crippen LogP contribution in [-0.2, 0) is 6.42 Å². The zero-order chi connectivity index (χ0) is 9.86. The van der Waals surface area contributed by atoms with E-state index in [0.717, 1.165) is 32.4 Å². The quantitative estimate of drug-likeness (QED) is 0.750. The van der Waals surface area contributed by atoms with Crippen LogP contribution in [0.5, 0.6) is 0 Å². The van der Waals surface area contributed by atoms with Crippen LogP contribution < -0.4 is 5.32 Å². The lowest BCUT2D eigenvalue weighted by atomic mass is 9.86. The smallest absolute Gasteiger partial charge is 0.0713 e. The molecule has 0 spiro atoms. The van der Waals surface area contributed by atoms with Gasteiger partial charge in [-0.2, -0.15) is 0 Å². The minimum absolute atomic E-state index is 0.511. The van der Waals surface area contributed by atoms with Gasteiger partial charge in [0, 0.05) is 19.5 Å². The SMILES string of the molecule is OC1(Cc2ccccc2)CC[N]CC1. The number of aliphatic hydroxyl groups is 1. The molecule has 14 heavy (non-hydrogen) atoms. The summed E-state index contributed by atoms with van der Waals surface area (Å²) in [5, 5.41) is 14.5. The van der Waals surface area contributed by atoms with Crippen LogP contribution in [0.4, 0.5) is 0 Å². The van der Waals surface area contributed by atoms with E-state index in [9.17, 15) is 5.11 Å². The van der Waals surface area contributed by atoms with Crippen molar-refractivity contribution in [2.45, 2.75) is 24.9 Å². The Hall–Kier alpha value is -0.860. The summed E-state index contributed by atoms with van der Waals surface area (Å²) in [5.41, 5.74) is 0.709. The van der Waals surface area contributed by atoms with Crippen molar-refractivity contribution in [3.63, 3.8) is 0 Å². The third-order valence-electron chi connectivity index (χ3n) is 2.85. The molecule has 0 saturated carbocycles. The Balaban J connectivity index is 2.02. The van der Waals surface area contributed by atoms with Crippen molar-refractivity contribution in [2.75, 3.05) is 13.1 Å². The lowest BCUT2D eigenvalue weighted by Crippen LogP contribution is -2.40. The molecule has 75 valence electrons. The van der Waals surface area contributed by atoms with E-state index < -0.39 is 5.60 Å². The Morgan fingerprint density at radius 1 is 1.14 bits per heavy atom. The molecular weight excluding hydrogens is 174 g/mol. The minimum atomic E-state index is -0.511. The second-order valence-corrected chi connectivity index (χ2v) is 4.06. The maximum absolute atomic E-state index is 10.3. The van der Waals surface area contributed by atoms with Crippen molar-refractivity contribution in [2.24, 2.45) is 0 Å². The van der Waals surface area contributed by atoms with Gasteiger partial charge < -0.3 is 5.11 Å². The summed E-state index contributed by atoms with van der Waals surface area (Å²) in [6.07, 6.45) is 2.38. The molecule has 2 nitrogen and oxygen atoms in total. The molecular formula is C12H16NO. The van der Waals surface area contributed by atoms with Crippen LogP contribution in [0.25, 0.3) is 0 Å². The number of rotatable bonds is 2. The number of hydrogen-bond donors (Lipinski definition) is 1. The van der Waals surface area contributed by atoms with E-state index in [1.807, 2.05) is 18.2 Å². The molecule has 1 aliphatic rings. The standard InChI is InChI=1S/C12H16NO/c14-12(6-8-13-9-7-12)10-11-4-2-1-3-5-11/h1-5,14H,6-10H2. The van der Waals surface area contributed by atoms with E-state index in [1.54, 1.807) is 0 Å². The average molecular weight is 190 g/mol. The van der Waals surface area contributed by atoms with E-state index >= 15 is 0 Å². The molecule has 0 aliphatic carbocycles. The Morgan fingerprint density at radius 3 is 2.43 bits per heavy atom. The number of benzene rings is 1. The van der Waals surface area contributed by atoms with E-state index in [-0.39, 0.29) is 0 Å². The van der Waals surface area contributed by atoms with Gasteiger partial charge in [0.2, 0.25) is 0 Å². The third-order valence-corrected chi connectivity index (χ3v) is 2.85. The predicted molar refractivity (Wildman–Crippen MR) is 56.2 cm³/mol. The third kappa shape index (κ3) is 2.34. The molecule has 1 N–H and O–H groups in total. The molecule has 1 fully saturated rings. The first-order valence-electron chi connectivity index (χ1n) is 5.18. The first kappa shape index (κ1) is 9.69. The van der Waals surface area contributed by atoms with Gasteiger partial charge in [0.25, 0.3) is 0 Å². The molecule has 0 atom stereocenters. The van der Waals surface area contributed by atoms with Crippen molar-refractivity contribution in [1.29, 1.82) is 0 Å². The Bertz CT molecular complexity index is 278. The van der Waals surface area contributed by atoms with Gasteiger partial charge in [0.15, 0.2) is 0 Å². The second-order valence-electron chi connectivity index (χ2n) is 4.06. The van der Waals surface area contributed by atoms with Crippen LogP contribution in [-0.4, -0.2) is 23.8 Å². The number of hydrogen-bond acceptors (Lipinski definition) is 1. The fourth-order valence-electron chi connectivity index (χ4n) is 1.96. The van der Waals surface area contributed by atoms with Crippen LogP contribution in [0.2, 0.25) is 0 Å². The molecule has 1 radical (unpaired) electrons. The monoisotopic (exact) mass is 190 g/mol. The average Bonchev–Trinajstić information content (AvgIpc) is 2.19. The molecule has 1 aliphatic heterocycles. The summed E-state index contributed by atoms with van der Waals surface area (Å²) in [6, 6.07) is 10.2. The van der Waals surface area contributed by atoms with Gasteiger partial charge in [-0.3, -0.25) is 0 Å². The fraction of sp³-hybridized carbons (Fsp3) is 0.500. The molecule has 0 amide bonds. The van der Waals surface area contributed by atoms with Crippen LogP contribution in [0.1, 0.15) is 18.4 Å². The minimum Gasteiger partial charge on any atom is -0.389 e. The highest BCUT2D eigenvalue weighted by molar-refractivity contribution is 5.17. The summed E-state index contributed by atoms with van der Waals surface area (Å²) in [5.74, 6) is 0. The largest absolute Gasteiger partial charge is 0.389 e. The molecule has 1 aromatic rings. The van der Waals surface area contributed by atoms with Gasteiger partial charge in [-0.15, -0.1) is 0 Å². The normalized spacial score (nSPS) is 20.6. The zero-order valence-corrected chi connectivity index (χ0v) is 8.32. The molecule has 0 bridgehead atoms. The van der Waals surface area contributed by atoms with E-state index in [4.69, 9.17) is 0 Å². The van der Waals surface area contributed by atoms with Crippen molar-refractivity contribution in [3.8, 4) is 0 Å². The van der Waals surface area contributed by atoms with E-state index in [0.29, 0.717) is 0 Å². The van der Waals surface area contributed by atoms with Gasteiger partial charge in [-0.05, 0) is 18.4 Å². The highest BCUT2D eigenvalue weighted by Crippen LogP contribution is 2.23. The van der Waals surface area contributed by atoms with Crippen LogP contribution in [0.15, 0.2) is 30.3 Å². The Labute approximate surface area is 85.0 Å². The molecule has 2 rings (SSSR count). The first-order valence-corrected chi connectivity index (χ1v) is 5.18. The van der Waals surface area contributed by atoms with Crippen LogP contribution in [0, 0.1) is 0 Å². The van der Waals surface area contributed by atoms with Gasteiger partial charge in [0.05, 0.1) is 5.60 Å². The number of nitrogens with zero attached hydrogens (tertiary/aromatic N) is 1. The van der Waals surface area contributed by atoms with Crippen LogP contribution in [0.3, 0.4) is 0 Å². The summed E-state index contributed by atoms with van der Waals surface area (Å²) >= 11 is 0. The topological polar surface area (TPSA) is 34.3 Å². The highest BCUT2D eigenvalue weighted by atomic mass is 16.3. The fourth-order valence-corrected chi connectivity index (χ4v) is 1.96. The van der Waals surface area contributed by atoms with Crippen LogP contribution >= 0.6 is 0 Å². The summed E-state index contributed by atoms with van der Waals surface area (Å²) in [4.78, 5) is 0. The van der Waals surface area contributed by atoms with Crippen molar-refractivity contribution in [1.82, 2.24) is 5.32 Å². The van der Waals surface area contributed by atoms with E-state index in [2.05, 4.69) is 17.4 Å². The lowest BCUT2D eigenvalue weighted by molar-refractivity contribution is 0.0101. The van der Waals surface area contributed by atoms with Gasteiger partial charge in [-0.25, -0.2) is 5.32 Å². The highest BCUT2D eigenvalue weighted by Gasteiger charge is 2.29. The summed E-state index contributed by atoms with van der Waals surface area (Å²) < 4.78 is 0. The molecule has 0 aromatic heterocycles. The summed E-state index contributed by atoms with van der Waals surface area (Å²) in [6.45, 7) is 1.62. The van der Waals surface area contributed by atoms with Crippen molar-refractivity contribution < 1.29 is 5.11 Å². The number of piperidine rings is 1. The second kappa shape index (κ2) is 4.11.